The Bertz CT molecular complexity index is 340. The summed E-state index contributed by atoms with van der Waals surface area (Å²) in [5.41, 5.74) is 0. The van der Waals surface area contributed by atoms with E-state index in [1.54, 1.807) is 0 Å². The zero-order valence-corrected chi connectivity index (χ0v) is 16.7. The summed E-state index contributed by atoms with van der Waals surface area (Å²) in [6.07, 6.45) is 14.3. The Morgan fingerprint density at radius 2 is 1.50 bits per heavy atom. The predicted octanol–water partition coefficient (Wildman–Crippen LogP) is 5.04. The molecule has 20 heavy (non-hydrogen) atoms. The summed E-state index contributed by atoms with van der Waals surface area (Å²) >= 11 is -0.699. The van der Waals surface area contributed by atoms with Crippen molar-refractivity contribution in [2.45, 2.75) is 88.9 Å². The Labute approximate surface area is 135 Å². The van der Waals surface area contributed by atoms with E-state index in [0.29, 0.717) is 3.43 Å². The molecule has 0 aliphatic rings. The molecule has 0 fully saturated rings. The normalized spacial score (nSPS) is 12.0. The van der Waals surface area contributed by atoms with E-state index in [-0.39, 0.29) is 0 Å². The molecule has 0 aromatic carbocycles. The minimum atomic E-state index is -0.699. The molecule has 1 aromatic heterocycles. The SMILES string of the molecule is CCCC[C](CCCC)(CCCC)[Sn][c]1cnc(C)o1. The molecule has 0 amide bonds. The second-order valence-corrected chi connectivity index (χ2v) is 11.1. The average Bonchev–Trinajstić information content (AvgIpc) is 2.85. The van der Waals surface area contributed by atoms with Gasteiger partial charge in [-0.2, -0.15) is 0 Å². The fourth-order valence-corrected chi connectivity index (χ4v) is 7.80. The third kappa shape index (κ3) is 6.19. The van der Waals surface area contributed by atoms with E-state index < -0.39 is 21.1 Å². The van der Waals surface area contributed by atoms with Crippen LogP contribution in [0.5, 0.6) is 0 Å². The first-order valence-corrected chi connectivity index (χ1v) is 11.2. The topological polar surface area (TPSA) is 26.0 Å². The first kappa shape index (κ1) is 18.1. The molecule has 114 valence electrons. The molecule has 1 aromatic rings. The van der Waals surface area contributed by atoms with Crippen LogP contribution in [-0.2, 0) is 0 Å². The molecule has 0 bridgehead atoms. The minimum absolute atomic E-state index is 0.608. The van der Waals surface area contributed by atoms with Crippen LogP contribution in [0.3, 0.4) is 0 Å². The molecule has 0 aliphatic carbocycles. The summed E-state index contributed by atoms with van der Waals surface area (Å²) in [6.45, 7) is 8.91. The number of aromatic nitrogens is 1. The fourth-order valence-electron chi connectivity index (χ4n) is 2.79. The number of hydrogen-bond acceptors (Lipinski definition) is 2. The van der Waals surface area contributed by atoms with E-state index in [1.165, 1.54) is 61.6 Å². The molecule has 0 saturated heterocycles. The predicted molar refractivity (Wildman–Crippen MR) is 87.9 cm³/mol. The fraction of sp³-hybridized carbons (Fsp3) is 0.824. The summed E-state index contributed by atoms with van der Waals surface area (Å²) in [4.78, 5) is 4.32. The van der Waals surface area contributed by atoms with Crippen molar-refractivity contribution in [3.8, 4) is 0 Å². The van der Waals surface area contributed by atoms with Gasteiger partial charge < -0.3 is 0 Å². The van der Waals surface area contributed by atoms with Gasteiger partial charge in [-0.05, 0) is 0 Å². The van der Waals surface area contributed by atoms with Gasteiger partial charge in [0.2, 0.25) is 0 Å². The van der Waals surface area contributed by atoms with Gasteiger partial charge in [0.15, 0.2) is 0 Å². The molecule has 2 nitrogen and oxygen atoms in total. The quantitative estimate of drug-likeness (QED) is 0.500. The third-order valence-corrected chi connectivity index (χ3v) is 9.05. The van der Waals surface area contributed by atoms with E-state index in [4.69, 9.17) is 4.42 Å². The molecule has 0 atom stereocenters. The van der Waals surface area contributed by atoms with Crippen LogP contribution in [0.15, 0.2) is 10.6 Å². The van der Waals surface area contributed by atoms with Crippen molar-refractivity contribution >= 4 is 24.9 Å². The van der Waals surface area contributed by atoms with Crippen LogP contribution in [0.2, 0.25) is 3.43 Å². The van der Waals surface area contributed by atoms with E-state index in [0.717, 1.165) is 5.89 Å². The molecule has 0 saturated carbocycles. The number of unbranched alkanes of at least 4 members (excludes halogenated alkanes) is 3. The summed E-state index contributed by atoms with van der Waals surface area (Å²) < 4.78 is 7.71. The van der Waals surface area contributed by atoms with Gasteiger partial charge in [-0.15, -0.1) is 0 Å². The number of aryl methyl sites for hydroxylation is 1. The van der Waals surface area contributed by atoms with Crippen LogP contribution < -0.4 is 3.78 Å². The molecule has 2 radical (unpaired) electrons. The summed E-state index contributed by atoms with van der Waals surface area (Å²) in [5.74, 6) is 0.844. The zero-order chi connectivity index (χ0) is 14.8. The van der Waals surface area contributed by atoms with Gasteiger partial charge in [0.05, 0.1) is 0 Å². The molecule has 0 unspecified atom stereocenters. The van der Waals surface area contributed by atoms with Gasteiger partial charge in [0.25, 0.3) is 0 Å². The number of nitrogens with zero attached hydrogens (tertiary/aromatic N) is 1. The number of rotatable bonds is 11. The van der Waals surface area contributed by atoms with Gasteiger partial charge in [-0.1, -0.05) is 0 Å². The van der Waals surface area contributed by atoms with E-state index in [1.807, 2.05) is 13.1 Å². The van der Waals surface area contributed by atoms with Crippen molar-refractivity contribution in [2.24, 2.45) is 0 Å². The first-order chi connectivity index (χ1) is 9.65. The monoisotopic (exact) mass is 385 g/mol. The summed E-state index contributed by atoms with van der Waals surface area (Å²) in [7, 11) is 0. The van der Waals surface area contributed by atoms with Crippen LogP contribution in [0, 0.1) is 6.92 Å². The van der Waals surface area contributed by atoms with Gasteiger partial charge >= 0.3 is 135 Å². The summed E-state index contributed by atoms with van der Waals surface area (Å²) in [6, 6.07) is 0. The van der Waals surface area contributed by atoms with Crippen LogP contribution in [0.25, 0.3) is 0 Å². The Balaban J connectivity index is 2.80. The Hall–Kier alpha value is 0.00870. The molecular weight excluding hydrogens is 353 g/mol. The van der Waals surface area contributed by atoms with Gasteiger partial charge in [-0.25, -0.2) is 0 Å². The second kappa shape index (κ2) is 9.86. The molecule has 1 rings (SSSR count). The number of oxazole rings is 1. The summed E-state index contributed by atoms with van der Waals surface area (Å²) in [5, 5.41) is 0. The second-order valence-electron chi connectivity index (χ2n) is 5.96. The average molecular weight is 384 g/mol. The third-order valence-electron chi connectivity index (χ3n) is 4.04. The van der Waals surface area contributed by atoms with Crippen molar-refractivity contribution in [1.82, 2.24) is 4.98 Å². The zero-order valence-electron chi connectivity index (χ0n) is 13.8. The molecule has 0 aliphatic heterocycles. The van der Waals surface area contributed by atoms with Crippen LogP contribution in [0.1, 0.15) is 84.4 Å². The molecule has 0 N–H and O–H groups in total. The van der Waals surface area contributed by atoms with Crippen molar-refractivity contribution < 1.29 is 4.42 Å². The maximum absolute atomic E-state index is 5.84. The molecule has 0 spiro atoms. The van der Waals surface area contributed by atoms with Crippen molar-refractivity contribution in [2.75, 3.05) is 0 Å². The van der Waals surface area contributed by atoms with E-state index >= 15 is 0 Å². The first-order valence-electron chi connectivity index (χ1n) is 8.36. The Morgan fingerprint density at radius 3 is 1.85 bits per heavy atom. The Morgan fingerprint density at radius 1 is 1.00 bits per heavy atom. The van der Waals surface area contributed by atoms with Crippen molar-refractivity contribution in [3.63, 3.8) is 0 Å². The van der Waals surface area contributed by atoms with E-state index in [2.05, 4.69) is 25.8 Å². The Kier molecular flexibility index (Phi) is 8.90. The van der Waals surface area contributed by atoms with Crippen LogP contribution in [-0.4, -0.2) is 26.1 Å². The number of hydrogen-bond donors (Lipinski definition) is 0. The van der Waals surface area contributed by atoms with Gasteiger partial charge in [-0.3, -0.25) is 0 Å². The van der Waals surface area contributed by atoms with Crippen LogP contribution in [0.4, 0.5) is 0 Å². The van der Waals surface area contributed by atoms with Crippen LogP contribution >= 0.6 is 0 Å². The van der Waals surface area contributed by atoms with Gasteiger partial charge in [0, 0.05) is 0 Å². The maximum atomic E-state index is 5.84. The molecular formula is C17H31NOSn. The van der Waals surface area contributed by atoms with Crippen molar-refractivity contribution in [3.05, 3.63) is 12.1 Å². The van der Waals surface area contributed by atoms with E-state index in [9.17, 15) is 0 Å². The van der Waals surface area contributed by atoms with Crippen molar-refractivity contribution in [1.29, 1.82) is 0 Å². The van der Waals surface area contributed by atoms with Gasteiger partial charge in [0.1, 0.15) is 0 Å². The molecule has 1 heterocycles. The standard InChI is InChI=1S/C13H27.C4H4NO.Sn/c1-4-7-10-13(11-8-5-2)12-9-6-3;1-4-5-2-3-6-4;/h4-12H2,1-3H3;2H,1H3;. The molecule has 3 heteroatoms.